The van der Waals surface area contributed by atoms with Gasteiger partial charge in [-0.1, -0.05) is 411 Å². The van der Waals surface area contributed by atoms with E-state index in [0.717, 1.165) is 32.1 Å². The fourth-order valence-corrected chi connectivity index (χ4v) is 11.9. The van der Waals surface area contributed by atoms with E-state index in [1.807, 2.05) is 6.08 Å². The van der Waals surface area contributed by atoms with E-state index < -0.39 is 12.1 Å². The topological polar surface area (TPSA) is 69.6 Å². The van der Waals surface area contributed by atoms with Gasteiger partial charge in [-0.15, -0.1) is 0 Å². The number of unbranched alkanes of at least 4 members (excludes halogenated alkanes) is 60. The van der Waals surface area contributed by atoms with Crippen molar-refractivity contribution in [2.45, 2.75) is 437 Å². The number of hydrogen-bond donors (Lipinski definition) is 3. The molecule has 78 heavy (non-hydrogen) atoms. The van der Waals surface area contributed by atoms with Gasteiger partial charge in [-0.2, -0.15) is 0 Å². The van der Waals surface area contributed by atoms with Gasteiger partial charge >= 0.3 is 0 Å². The molecule has 0 rings (SSSR count). The minimum absolute atomic E-state index is 0.0636. The average molecular weight is 1100 g/mol. The standard InChI is InChI=1S/C74H145NO3/c1-3-5-7-9-11-13-15-17-19-21-23-25-27-29-31-33-35-37-39-41-43-45-47-49-51-53-55-57-59-61-63-65-67-69-73(77)72(71-76)75-74(78)70-68-66-64-62-60-58-56-54-52-50-48-46-44-42-40-38-36-34-32-30-28-26-24-22-20-18-16-14-12-10-8-6-4-2/h59,61,67,69,72-73,76-77H,3-58,60,62-66,68,70-71H2,1-2H3,(H,75,78)/b61-59+,69-67+. The van der Waals surface area contributed by atoms with Gasteiger partial charge in [-0.25, -0.2) is 0 Å². The molecule has 0 radical (unpaired) electrons. The number of amides is 1. The Kier molecular flexibility index (Phi) is 69.1. The summed E-state index contributed by atoms with van der Waals surface area (Å²) in [5.74, 6) is -0.0636. The van der Waals surface area contributed by atoms with E-state index >= 15 is 0 Å². The largest absolute Gasteiger partial charge is 0.394 e. The van der Waals surface area contributed by atoms with Crippen LogP contribution < -0.4 is 5.32 Å². The van der Waals surface area contributed by atoms with E-state index in [4.69, 9.17) is 0 Å². The third-order valence-electron chi connectivity index (χ3n) is 17.4. The van der Waals surface area contributed by atoms with Crippen molar-refractivity contribution in [1.29, 1.82) is 0 Å². The predicted molar refractivity (Wildman–Crippen MR) is 350 cm³/mol. The highest BCUT2D eigenvalue weighted by atomic mass is 16.3. The summed E-state index contributed by atoms with van der Waals surface area (Å²) in [6.45, 7) is 4.36. The highest BCUT2D eigenvalue weighted by Crippen LogP contribution is 2.20. The molecular weight excluding hydrogens is 951 g/mol. The first-order valence-corrected chi connectivity index (χ1v) is 36.6. The number of rotatable bonds is 69. The third-order valence-corrected chi connectivity index (χ3v) is 17.4. The van der Waals surface area contributed by atoms with E-state index in [1.165, 1.54) is 372 Å². The van der Waals surface area contributed by atoms with Crippen molar-refractivity contribution >= 4 is 5.91 Å². The molecule has 0 aromatic rings. The second-order valence-electron chi connectivity index (χ2n) is 25.4. The summed E-state index contributed by atoms with van der Waals surface area (Å²) in [5, 5.41) is 23.3. The molecule has 0 aliphatic rings. The van der Waals surface area contributed by atoms with Crippen molar-refractivity contribution in [1.82, 2.24) is 5.32 Å². The third kappa shape index (κ3) is 65.7. The first-order chi connectivity index (χ1) is 38.7. The van der Waals surface area contributed by atoms with Gasteiger partial charge in [0.25, 0.3) is 0 Å². The second-order valence-corrected chi connectivity index (χ2v) is 25.4. The lowest BCUT2D eigenvalue weighted by Crippen LogP contribution is -2.45. The molecule has 0 bridgehead atoms. The number of carbonyl (C=O) groups excluding carboxylic acids is 1. The van der Waals surface area contributed by atoms with E-state index in [9.17, 15) is 15.0 Å². The molecule has 4 heteroatoms. The van der Waals surface area contributed by atoms with Gasteiger partial charge in [-0.3, -0.25) is 4.79 Å². The van der Waals surface area contributed by atoms with Crippen LogP contribution in [-0.2, 0) is 4.79 Å². The summed E-state index contributed by atoms with van der Waals surface area (Å²) in [5.41, 5.74) is 0. The maximum Gasteiger partial charge on any atom is 0.220 e. The number of aliphatic hydroxyl groups is 2. The normalized spacial score (nSPS) is 12.7. The van der Waals surface area contributed by atoms with Gasteiger partial charge in [0.15, 0.2) is 0 Å². The predicted octanol–water partition coefficient (Wildman–Crippen LogP) is 24.9. The smallest absolute Gasteiger partial charge is 0.220 e. The molecule has 0 aliphatic carbocycles. The van der Waals surface area contributed by atoms with Gasteiger partial charge in [0.2, 0.25) is 5.91 Å². The Morgan fingerprint density at radius 1 is 0.295 bits per heavy atom. The first-order valence-electron chi connectivity index (χ1n) is 36.6. The molecule has 0 aromatic carbocycles. The van der Waals surface area contributed by atoms with Crippen molar-refractivity contribution in [2.75, 3.05) is 6.61 Å². The van der Waals surface area contributed by atoms with Crippen LogP contribution in [-0.4, -0.2) is 34.9 Å². The fraction of sp³-hybridized carbons (Fsp3) is 0.932. The summed E-state index contributed by atoms with van der Waals surface area (Å²) < 4.78 is 0. The summed E-state index contributed by atoms with van der Waals surface area (Å²) in [6.07, 6.45) is 95.8. The lowest BCUT2D eigenvalue weighted by Gasteiger charge is -2.19. The van der Waals surface area contributed by atoms with Crippen molar-refractivity contribution in [3.63, 3.8) is 0 Å². The zero-order valence-electron chi connectivity index (χ0n) is 53.7. The zero-order valence-corrected chi connectivity index (χ0v) is 53.7. The fourth-order valence-electron chi connectivity index (χ4n) is 11.9. The Morgan fingerprint density at radius 3 is 0.744 bits per heavy atom. The van der Waals surface area contributed by atoms with E-state index in [-0.39, 0.29) is 12.5 Å². The minimum atomic E-state index is -0.862. The lowest BCUT2D eigenvalue weighted by molar-refractivity contribution is -0.123. The number of allylic oxidation sites excluding steroid dienone is 3. The van der Waals surface area contributed by atoms with Crippen LogP contribution in [0.2, 0.25) is 0 Å². The summed E-state index contributed by atoms with van der Waals surface area (Å²) in [4.78, 5) is 12.5. The van der Waals surface area contributed by atoms with Crippen molar-refractivity contribution in [2.24, 2.45) is 0 Å². The number of carbonyl (C=O) groups is 1. The van der Waals surface area contributed by atoms with E-state index in [2.05, 4.69) is 31.3 Å². The van der Waals surface area contributed by atoms with Crippen LogP contribution in [0.5, 0.6) is 0 Å². The molecular formula is C74H145NO3. The molecule has 464 valence electrons. The number of hydrogen-bond acceptors (Lipinski definition) is 3. The van der Waals surface area contributed by atoms with E-state index in [1.54, 1.807) is 6.08 Å². The number of nitrogens with one attached hydrogen (secondary N) is 1. The molecule has 2 atom stereocenters. The highest BCUT2D eigenvalue weighted by molar-refractivity contribution is 5.76. The molecule has 0 fully saturated rings. The Hall–Kier alpha value is -1.13. The van der Waals surface area contributed by atoms with Crippen LogP contribution in [0.1, 0.15) is 425 Å². The van der Waals surface area contributed by atoms with Gasteiger partial charge in [0, 0.05) is 6.42 Å². The molecule has 3 N–H and O–H groups in total. The molecule has 0 saturated heterocycles. The van der Waals surface area contributed by atoms with Gasteiger partial charge in [0.05, 0.1) is 18.8 Å². The van der Waals surface area contributed by atoms with Gasteiger partial charge < -0.3 is 15.5 Å². The van der Waals surface area contributed by atoms with Crippen LogP contribution in [0, 0.1) is 0 Å². The Bertz CT molecular complexity index is 1150. The SMILES string of the molecule is CCCCCCCCCCCCCCCCCCCCCCCCCCCCC/C=C/CC/C=C/C(O)C(CO)NC(=O)CCCCCCCCCCCCCCCCCCCCCCCCCCCCCCCCCCC. The maximum atomic E-state index is 12.5. The summed E-state index contributed by atoms with van der Waals surface area (Å²) in [6, 6.07) is -0.638. The molecule has 0 spiro atoms. The van der Waals surface area contributed by atoms with Crippen LogP contribution in [0.3, 0.4) is 0 Å². The lowest BCUT2D eigenvalue weighted by atomic mass is 10.0. The zero-order chi connectivity index (χ0) is 56.2. The number of aliphatic hydroxyl groups excluding tert-OH is 2. The summed E-state index contributed by atoms with van der Waals surface area (Å²) in [7, 11) is 0. The van der Waals surface area contributed by atoms with Gasteiger partial charge in [-0.05, 0) is 32.1 Å². The maximum absolute atomic E-state index is 12.5. The molecule has 1 amide bonds. The Morgan fingerprint density at radius 2 is 0.500 bits per heavy atom. The molecule has 0 heterocycles. The Balaban J connectivity index is 3.42. The van der Waals surface area contributed by atoms with Crippen LogP contribution in [0.4, 0.5) is 0 Å². The molecule has 0 aromatic heterocycles. The molecule has 0 saturated carbocycles. The first kappa shape index (κ1) is 76.9. The second kappa shape index (κ2) is 70.1. The highest BCUT2D eigenvalue weighted by Gasteiger charge is 2.18. The van der Waals surface area contributed by atoms with Crippen LogP contribution in [0.25, 0.3) is 0 Å². The molecule has 0 aliphatic heterocycles. The molecule has 2 unspecified atom stereocenters. The van der Waals surface area contributed by atoms with Crippen LogP contribution in [0.15, 0.2) is 24.3 Å². The van der Waals surface area contributed by atoms with Gasteiger partial charge in [0.1, 0.15) is 0 Å². The summed E-state index contributed by atoms with van der Waals surface area (Å²) >= 11 is 0. The average Bonchev–Trinajstić information content (AvgIpc) is 3.44. The van der Waals surface area contributed by atoms with Crippen molar-refractivity contribution < 1.29 is 15.0 Å². The monoisotopic (exact) mass is 1100 g/mol. The van der Waals surface area contributed by atoms with Crippen molar-refractivity contribution in [3.8, 4) is 0 Å². The Labute approximate surface area is 491 Å². The quantitative estimate of drug-likeness (QED) is 0.0420. The van der Waals surface area contributed by atoms with Crippen LogP contribution >= 0.6 is 0 Å². The van der Waals surface area contributed by atoms with Crippen molar-refractivity contribution in [3.05, 3.63) is 24.3 Å². The van der Waals surface area contributed by atoms with E-state index in [0.29, 0.717) is 6.42 Å². The molecule has 4 nitrogen and oxygen atoms in total. The minimum Gasteiger partial charge on any atom is -0.394 e.